The van der Waals surface area contributed by atoms with E-state index in [0.29, 0.717) is 28.6 Å². The number of carboxylic acid groups (broad SMARTS) is 1. The van der Waals surface area contributed by atoms with Crippen LogP contribution in [0.4, 0.5) is 17.2 Å². The van der Waals surface area contributed by atoms with Gasteiger partial charge < -0.3 is 15.3 Å². The van der Waals surface area contributed by atoms with Crippen LogP contribution in [-0.2, 0) is 13.0 Å². The topological polar surface area (TPSA) is 115 Å². The Morgan fingerprint density at radius 3 is 2.79 bits per heavy atom. The summed E-state index contributed by atoms with van der Waals surface area (Å²) in [6, 6.07) is 10.5. The Hall–Kier alpha value is -3.70. The maximum absolute atomic E-state index is 10.9. The molecule has 8 nitrogen and oxygen atoms in total. The van der Waals surface area contributed by atoms with Crippen LogP contribution in [0.3, 0.4) is 0 Å². The van der Waals surface area contributed by atoms with Crippen molar-refractivity contribution in [1.29, 1.82) is 5.26 Å². The lowest BCUT2D eigenvalue weighted by molar-refractivity contribution is 0.0690. The number of anilines is 3. The molecule has 29 heavy (non-hydrogen) atoms. The van der Waals surface area contributed by atoms with Crippen molar-refractivity contribution >= 4 is 34.8 Å². The maximum Gasteiger partial charge on any atom is 0.354 e. The van der Waals surface area contributed by atoms with E-state index in [1.54, 1.807) is 18.2 Å². The number of nitrogens with zero attached hydrogens (tertiary/aromatic N) is 5. The zero-order valence-electron chi connectivity index (χ0n) is 15.1. The lowest BCUT2D eigenvalue weighted by Gasteiger charge is -2.31. The van der Waals surface area contributed by atoms with Crippen molar-refractivity contribution in [2.75, 3.05) is 16.8 Å². The maximum atomic E-state index is 10.9. The highest BCUT2D eigenvalue weighted by molar-refractivity contribution is 6.32. The minimum absolute atomic E-state index is 0.0167. The van der Waals surface area contributed by atoms with Crippen LogP contribution in [-0.4, -0.2) is 32.6 Å². The van der Waals surface area contributed by atoms with Gasteiger partial charge in [-0.2, -0.15) is 5.26 Å². The summed E-state index contributed by atoms with van der Waals surface area (Å²) in [5.41, 5.74) is 3.91. The summed E-state index contributed by atoms with van der Waals surface area (Å²) in [5, 5.41) is 21.6. The van der Waals surface area contributed by atoms with E-state index >= 15 is 0 Å². The van der Waals surface area contributed by atoms with Crippen molar-refractivity contribution < 1.29 is 9.90 Å². The molecule has 0 radical (unpaired) electrons. The average Bonchev–Trinajstić information content (AvgIpc) is 2.74. The molecule has 0 fully saturated rings. The molecule has 3 aromatic rings. The Morgan fingerprint density at radius 2 is 2.10 bits per heavy atom. The zero-order valence-corrected chi connectivity index (χ0v) is 15.9. The van der Waals surface area contributed by atoms with E-state index < -0.39 is 5.97 Å². The smallest absolute Gasteiger partial charge is 0.354 e. The quantitative estimate of drug-likeness (QED) is 0.677. The predicted molar refractivity (Wildman–Crippen MR) is 107 cm³/mol. The van der Waals surface area contributed by atoms with Crippen molar-refractivity contribution in [3.8, 4) is 6.07 Å². The Kier molecular flexibility index (Phi) is 4.97. The summed E-state index contributed by atoms with van der Waals surface area (Å²) in [6.07, 6.45) is 3.68. The molecule has 1 aliphatic heterocycles. The van der Waals surface area contributed by atoms with Gasteiger partial charge in [0, 0.05) is 17.8 Å². The monoisotopic (exact) mass is 406 g/mol. The lowest BCUT2D eigenvalue weighted by atomic mass is 10.0. The van der Waals surface area contributed by atoms with E-state index in [1.807, 2.05) is 6.07 Å². The Bertz CT molecular complexity index is 1130. The van der Waals surface area contributed by atoms with Gasteiger partial charge in [-0.05, 0) is 36.8 Å². The number of hydrogen-bond donors (Lipinski definition) is 2. The van der Waals surface area contributed by atoms with Crippen LogP contribution in [0, 0.1) is 11.3 Å². The van der Waals surface area contributed by atoms with Crippen molar-refractivity contribution in [3.05, 3.63) is 70.4 Å². The van der Waals surface area contributed by atoms with E-state index in [9.17, 15) is 4.79 Å². The zero-order chi connectivity index (χ0) is 20.4. The highest BCUT2D eigenvalue weighted by atomic mass is 35.5. The van der Waals surface area contributed by atoms with Crippen LogP contribution < -0.4 is 10.2 Å². The number of carbonyl (C=O) groups is 1. The molecule has 0 amide bonds. The molecule has 4 rings (SSSR count). The van der Waals surface area contributed by atoms with Crippen molar-refractivity contribution in [2.45, 2.75) is 13.0 Å². The average molecular weight is 407 g/mol. The number of pyridine rings is 1. The van der Waals surface area contributed by atoms with Gasteiger partial charge in [-0.1, -0.05) is 11.6 Å². The van der Waals surface area contributed by atoms with E-state index in [0.717, 1.165) is 29.9 Å². The Labute approximate surface area is 171 Å². The fourth-order valence-electron chi connectivity index (χ4n) is 3.20. The van der Waals surface area contributed by atoms with Crippen molar-refractivity contribution in [3.63, 3.8) is 0 Å². The molecule has 0 atom stereocenters. The minimum atomic E-state index is -1.07. The van der Waals surface area contributed by atoms with Gasteiger partial charge in [0.2, 0.25) is 0 Å². The Morgan fingerprint density at radius 1 is 1.24 bits per heavy atom. The fraction of sp³-hybridized carbons (Fsp3) is 0.150. The van der Waals surface area contributed by atoms with Crippen LogP contribution in [0.15, 0.2) is 42.9 Å². The third-order valence-electron chi connectivity index (χ3n) is 4.69. The summed E-state index contributed by atoms with van der Waals surface area (Å²) in [7, 11) is 0. The molecule has 3 heterocycles. The molecular weight excluding hydrogens is 392 g/mol. The van der Waals surface area contributed by atoms with Gasteiger partial charge in [0.15, 0.2) is 0 Å². The lowest BCUT2D eigenvalue weighted by Crippen LogP contribution is -2.31. The second-order valence-corrected chi connectivity index (χ2v) is 6.86. The molecular formula is C20H15ClN6O2. The molecule has 0 spiro atoms. The van der Waals surface area contributed by atoms with Gasteiger partial charge in [0.25, 0.3) is 0 Å². The number of rotatable bonds is 4. The van der Waals surface area contributed by atoms with Crippen LogP contribution >= 0.6 is 11.6 Å². The molecule has 0 bridgehead atoms. The predicted octanol–water partition coefficient (Wildman–Crippen LogP) is 3.40. The van der Waals surface area contributed by atoms with Gasteiger partial charge in [0.05, 0.1) is 34.7 Å². The van der Waals surface area contributed by atoms with E-state index in [4.69, 9.17) is 22.0 Å². The number of nitrogens with one attached hydrogen (secondary N) is 1. The standard InChI is InChI=1S/C20H15ClN6O2/c21-16-7-14(3-1-12(16)8-22)27-6-5-15-18(10-27)24-11-25-19(15)26-13-2-4-17(20(28)29)23-9-13/h1-4,7,9,11H,5-6,10H2,(H,28,29)(H,24,25,26). The van der Waals surface area contributed by atoms with Crippen LogP contribution in [0.25, 0.3) is 0 Å². The first-order chi connectivity index (χ1) is 14.0. The van der Waals surface area contributed by atoms with E-state index in [1.165, 1.54) is 18.6 Å². The molecule has 0 unspecified atom stereocenters. The highest BCUT2D eigenvalue weighted by Crippen LogP contribution is 2.30. The summed E-state index contributed by atoms with van der Waals surface area (Å²) in [5.74, 6) is -0.392. The number of fused-ring (bicyclic) bond motifs is 1. The van der Waals surface area contributed by atoms with E-state index in [-0.39, 0.29) is 5.69 Å². The second-order valence-electron chi connectivity index (χ2n) is 6.46. The number of hydrogen-bond acceptors (Lipinski definition) is 7. The molecule has 144 valence electrons. The third-order valence-corrected chi connectivity index (χ3v) is 5.00. The number of carboxylic acids is 1. The first kappa shape index (κ1) is 18.7. The summed E-state index contributed by atoms with van der Waals surface area (Å²) in [6.45, 7) is 1.33. The number of aromatic carboxylic acids is 1. The van der Waals surface area contributed by atoms with Gasteiger partial charge >= 0.3 is 5.97 Å². The van der Waals surface area contributed by atoms with Crippen LogP contribution in [0.1, 0.15) is 27.3 Å². The van der Waals surface area contributed by atoms with Crippen LogP contribution in [0.5, 0.6) is 0 Å². The number of nitriles is 1. The molecule has 0 saturated carbocycles. The van der Waals surface area contributed by atoms with Gasteiger partial charge in [0.1, 0.15) is 23.9 Å². The number of halogens is 1. The molecule has 1 aromatic carbocycles. The summed E-state index contributed by atoms with van der Waals surface area (Å²) >= 11 is 6.17. The third kappa shape index (κ3) is 3.81. The Balaban J connectivity index is 1.55. The second kappa shape index (κ2) is 7.73. The first-order valence-electron chi connectivity index (χ1n) is 8.79. The fourth-order valence-corrected chi connectivity index (χ4v) is 3.42. The minimum Gasteiger partial charge on any atom is -0.477 e. The molecule has 0 aliphatic carbocycles. The molecule has 9 heteroatoms. The molecule has 0 saturated heterocycles. The molecule has 2 aromatic heterocycles. The van der Waals surface area contributed by atoms with Crippen molar-refractivity contribution in [1.82, 2.24) is 15.0 Å². The van der Waals surface area contributed by atoms with Gasteiger partial charge in [-0.25, -0.2) is 19.7 Å². The van der Waals surface area contributed by atoms with Crippen molar-refractivity contribution in [2.24, 2.45) is 0 Å². The number of benzene rings is 1. The SMILES string of the molecule is N#Cc1ccc(N2CCc3c(ncnc3Nc3ccc(C(=O)O)nc3)C2)cc1Cl. The summed E-state index contributed by atoms with van der Waals surface area (Å²) in [4.78, 5) is 25.8. The first-order valence-corrected chi connectivity index (χ1v) is 9.16. The molecule has 1 aliphatic rings. The number of aromatic nitrogens is 3. The molecule has 2 N–H and O–H groups in total. The normalized spacial score (nSPS) is 12.8. The summed E-state index contributed by atoms with van der Waals surface area (Å²) < 4.78 is 0. The largest absolute Gasteiger partial charge is 0.477 e. The highest BCUT2D eigenvalue weighted by Gasteiger charge is 2.22. The van der Waals surface area contributed by atoms with Crippen LogP contribution in [0.2, 0.25) is 5.02 Å². The van der Waals surface area contributed by atoms with Gasteiger partial charge in [-0.3, -0.25) is 0 Å². The van der Waals surface area contributed by atoms with Gasteiger partial charge in [-0.15, -0.1) is 0 Å². The van der Waals surface area contributed by atoms with E-state index in [2.05, 4.69) is 31.2 Å².